The zero-order valence-electron chi connectivity index (χ0n) is 10.3. The molecule has 0 aliphatic heterocycles. The summed E-state index contributed by atoms with van der Waals surface area (Å²) in [5, 5.41) is 0. The minimum absolute atomic E-state index is 0.253. The quantitative estimate of drug-likeness (QED) is 0.639. The van der Waals surface area contributed by atoms with Crippen molar-refractivity contribution >= 4 is 15.9 Å². The van der Waals surface area contributed by atoms with Crippen molar-refractivity contribution in [1.82, 2.24) is 5.43 Å². The number of nitrogens with one attached hydrogen (secondary N) is 1. The summed E-state index contributed by atoms with van der Waals surface area (Å²) in [7, 11) is 0. The molecule has 0 aliphatic carbocycles. The minimum atomic E-state index is 0.253. The molecule has 1 aromatic carbocycles. The van der Waals surface area contributed by atoms with Gasteiger partial charge in [-0.2, -0.15) is 0 Å². The second-order valence-corrected chi connectivity index (χ2v) is 5.38. The van der Waals surface area contributed by atoms with Gasteiger partial charge in [0.25, 0.3) is 0 Å². The molecular formula is C13H21BrN2. The van der Waals surface area contributed by atoms with Crippen molar-refractivity contribution in [2.45, 2.75) is 39.7 Å². The van der Waals surface area contributed by atoms with Crippen LogP contribution in [0.15, 0.2) is 22.7 Å². The van der Waals surface area contributed by atoms with Gasteiger partial charge in [0.15, 0.2) is 0 Å². The predicted octanol–water partition coefficient (Wildman–Crippen LogP) is 3.70. The molecule has 90 valence electrons. The van der Waals surface area contributed by atoms with E-state index in [0.29, 0.717) is 5.92 Å². The van der Waals surface area contributed by atoms with E-state index in [1.165, 1.54) is 17.5 Å². The van der Waals surface area contributed by atoms with E-state index in [1.807, 2.05) is 0 Å². The number of hydrazine groups is 1. The summed E-state index contributed by atoms with van der Waals surface area (Å²) in [6, 6.07) is 6.61. The third-order valence-electron chi connectivity index (χ3n) is 3.14. The van der Waals surface area contributed by atoms with Crippen molar-refractivity contribution in [3.8, 4) is 0 Å². The topological polar surface area (TPSA) is 38.0 Å². The van der Waals surface area contributed by atoms with Gasteiger partial charge in [-0.05, 0) is 42.5 Å². The van der Waals surface area contributed by atoms with Crippen molar-refractivity contribution in [2.75, 3.05) is 0 Å². The lowest BCUT2D eigenvalue weighted by Gasteiger charge is -2.21. The van der Waals surface area contributed by atoms with E-state index in [4.69, 9.17) is 5.84 Å². The molecule has 0 radical (unpaired) electrons. The van der Waals surface area contributed by atoms with E-state index in [2.05, 4.69) is 60.3 Å². The van der Waals surface area contributed by atoms with Gasteiger partial charge in [0, 0.05) is 10.5 Å². The molecule has 0 spiro atoms. The summed E-state index contributed by atoms with van der Waals surface area (Å²) in [4.78, 5) is 0. The Hall–Kier alpha value is -0.380. The Morgan fingerprint density at radius 2 is 2.12 bits per heavy atom. The molecule has 0 saturated carbocycles. The van der Waals surface area contributed by atoms with Crippen LogP contribution >= 0.6 is 15.9 Å². The van der Waals surface area contributed by atoms with Gasteiger partial charge < -0.3 is 0 Å². The number of hydrogen-bond donors (Lipinski definition) is 2. The molecule has 16 heavy (non-hydrogen) atoms. The van der Waals surface area contributed by atoms with E-state index in [0.717, 1.165) is 10.9 Å². The van der Waals surface area contributed by atoms with Gasteiger partial charge in [0.05, 0.1) is 0 Å². The van der Waals surface area contributed by atoms with Crippen LogP contribution in [0.25, 0.3) is 0 Å². The summed E-state index contributed by atoms with van der Waals surface area (Å²) in [6.07, 6.45) is 2.27. The van der Waals surface area contributed by atoms with Crippen molar-refractivity contribution in [3.63, 3.8) is 0 Å². The maximum atomic E-state index is 5.65. The summed E-state index contributed by atoms with van der Waals surface area (Å²) in [6.45, 7) is 6.60. The molecule has 1 aromatic rings. The number of hydrogen-bond acceptors (Lipinski definition) is 2. The molecule has 0 bridgehead atoms. The number of rotatable bonds is 5. The standard InChI is InChI=1S/C13H21BrN2/c1-4-9(2)7-13(16-15)12-6-5-11(14)8-10(12)3/h5-6,8-9,13,16H,4,7,15H2,1-3H3. The first-order valence-electron chi connectivity index (χ1n) is 5.80. The van der Waals surface area contributed by atoms with Crippen molar-refractivity contribution in [3.05, 3.63) is 33.8 Å². The van der Waals surface area contributed by atoms with Gasteiger partial charge in [-0.15, -0.1) is 0 Å². The highest BCUT2D eigenvalue weighted by Crippen LogP contribution is 2.26. The molecule has 0 saturated heterocycles. The van der Waals surface area contributed by atoms with Crippen LogP contribution in [0.2, 0.25) is 0 Å². The Morgan fingerprint density at radius 1 is 1.44 bits per heavy atom. The lowest BCUT2D eigenvalue weighted by Crippen LogP contribution is -2.29. The van der Waals surface area contributed by atoms with Crippen molar-refractivity contribution in [1.29, 1.82) is 0 Å². The fraction of sp³-hybridized carbons (Fsp3) is 0.538. The maximum Gasteiger partial charge on any atom is 0.0465 e. The number of nitrogens with two attached hydrogens (primary N) is 1. The minimum Gasteiger partial charge on any atom is -0.271 e. The molecule has 2 unspecified atom stereocenters. The number of halogens is 1. The van der Waals surface area contributed by atoms with Gasteiger partial charge in [0.2, 0.25) is 0 Å². The number of aryl methyl sites for hydroxylation is 1. The monoisotopic (exact) mass is 284 g/mol. The van der Waals surface area contributed by atoms with E-state index in [1.54, 1.807) is 0 Å². The van der Waals surface area contributed by atoms with Gasteiger partial charge in [-0.3, -0.25) is 11.3 Å². The van der Waals surface area contributed by atoms with Crippen molar-refractivity contribution < 1.29 is 0 Å². The second kappa shape index (κ2) is 6.38. The Balaban J connectivity index is 2.86. The predicted molar refractivity (Wildman–Crippen MR) is 73.0 cm³/mol. The molecule has 2 atom stereocenters. The zero-order valence-corrected chi connectivity index (χ0v) is 11.8. The molecule has 0 fully saturated rings. The molecule has 0 heterocycles. The normalized spacial score (nSPS) is 14.8. The van der Waals surface area contributed by atoms with Crippen LogP contribution in [0.3, 0.4) is 0 Å². The Kier molecular flexibility index (Phi) is 5.46. The van der Waals surface area contributed by atoms with Crippen LogP contribution in [0, 0.1) is 12.8 Å². The fourth-order valence-corrected chi connectivity index (χ4v) is 2.36. The average molecular weight is 285 g/mol. The molecule has 0 amide bonds. The van der Waals surface area contributed by atoms with Gasteiger partial charge in [0.1, 0.15) is 0 Å². The highest BCUT2D eigenvalue weighted by molar-refractivity contribution is 9.10. The fourth-order valence-electron chi connectivity index (χ4n) is 1.88. The van der Waals surface area contributed by atoms with Gasteiger partial charge >= 0.3 is 0 Å². The molecule has 2 nitrogen and oxygen atoms in total. The summed E-state index contributed by atoms with van der Waals surface area (Å²) in [5.74, 6) is 6.34. The first-order chi connectivity index (χ1) is 7.58. The van der Waals surface area contributed by atoms with Crippen LogP contribution in [-0.2, 0) is 0 Å². The lowest BCUT2D eigenvalue weighted by molar-refractivity contribution is 0.407. The summed E-state index contributed by atoms with van der Waals surface area (Å²) in [5.41, 5.74) is 5.50. The van der Waals surface area contributed by atoms with Gasteiger partial charge in [-0.1, -0.05) is 42.3 Å². The number of benzene rings is 1. The van der Waals surface area contributed by atoms with Crippen LogP contribution in [0.4, 0.5) is 0 Å². The third kappa shape index (κ3) is 3.58. The van der Waals surface area contributed by atoms with E-state index >= 15 is 0 Å². The average Bonchev–Trinajstić information content (AvgIpc) is 2.26. The molecule has 1 rings (SSSR count). The first-order valence-corrected chi connectivity index (χ1v) is 6.60. The maximum absolute atomic E-state index is 5.65. The first kappa shape index (κ1) is 13.7. The second-order valence-electron chi connectivity index (χ2n) is 4.47. The molecule has 3 N–H and O–H groups in total. The van der Waals surface area contributed by atoms with Crippen LogP contribution < -0.4 is 11.3 Å². The smallest absolute Gasteiger partial charge is 0.0465 e. The van der Waals surface area contributed by atoms with E-state index in [9.17, 15) is 0 Å². The van der Waals surface area contributed by atoms with Gasteiger partial charge in [-0.25, -0.2) is 0 Å². The molecule has 0 aliphatic rings. The Morgan fingerprint density at radius 3 is 2.62 bits per heavy atom. The van der Waals surface area contributed by atoms with Crippen LogP contribution in [-0.4, -0.2) is 0 Å². The van der Waals surface area contributed by atoms with E-state index < -0.39 is 0 Å². The third-order valence-corrected chi connectivity index (χ3v) is 3.64. The zero-order chi connectivity index (χ0) is 12.1. The Labute approximate surface area is 107 Å². The van der Waals surface area contributed by atoms with Crippen LogP contribution in [0.1, 0.15) is 43.9 Å². The highest BCUT2D eigenvalue weighted by atomic mass is 79.9. The lowest BCUT2D eigenvalue weighted by atomic mass is 9.92. The summed E-state index contributed by atoms with van der Waals surface area (Å²) < 4.78 is 1.12. The molecule has 0 aromatic heterocycles. The van der Waals surface area contributed by atoms with E-state index in [-0.39, 0.29) is 6.04 Å². The highest BCUT2D eigenvalue weighted by Gasteiger charge is 2.14. The summed E-state index contributed by atoms with van der Waals surface area (Å²) >= 11 is 3.48. The molecular weight excluding hydrogens is 264 g/mol. The SMILES string of the molecule is CCC(C)CC(NN)c1ccc(Br)cc1C. The largest absolute Gasteiger partial charge is 0.271 e. The Bertz CT molecular complexity index is 339. The van der Waals surface area contributed by atoms with Crippen molar-refractivity contribution in [2.24, 2.45) is 11.8 Å². The van der Waals surface area contributed by atoms with Crippen LogP contribution in [0.5, 0.6) is 0 Å². The molecule has 3 heteroatoms.